The third kappa shape index (κ3) is 7.79. The molecule has 1 N–H and O–H groups in total. The van der Waals surface area contributed by atoms with E-state index in [1.165, 1.54) is 5.56 Å². The van der Waals surface area contributed by atoms with Gasteiger partial charge in [0.15, 0.2) is 6.61 Å². The maximum absolute atomic E-state index is 13.4. The number of nitrogens with one attached hydrogen (secondary N) is 1. The average molecular weight is 469 g/mol. The van der Waals surface area contributed by atoms with Gasteiger partial charge in [0.1, 0.15) is 17.5 Å². The van der Waals surface area contributed by atoms with Crippen LogP contribution in [0, 0.1) is 0 Å². The van der Waals surface area contributed by atoms with Crippen LogP contribution in [0.1, 0.15) is 65.5 Å². The predicted molar refractivity (Wildman–Crippen MR) is 136 cm³/mol. The van der Waals surface area contributed by atoms with Crippen molar-refractivity contribution in [3.63, 3.8) is 0 Å². The maximum Gasteiger partial charge on any atom is 0.261 e. The van der Waals surface area contributed by atoms with Gasteiger partial charge in [0.25, 0.3) is 5.91 Å². The van der Waals surface area contributed by atoms with Crippen LogP contribution in [-0.4, -0.2) is 42.5 Å². The standard InChI is InChI=1S/C28H40N2O4/c1-8-20(3)29-27(32)25(9-2)30(18-21-11-10-12-24(17-21)33-7)26(31)19-34-23-15-13-22(14-16-23)28(4,5)6/h10-17,20,25H,8-9,18-19H2,1-7H3,(H,29,32)/t20-,25-/m1/s1. The monoisotopic (exact) mass is 468 g/mol. The van der Waals surface area contributed by atoms with E-state index in [9.17, 15) is 9.59 Å². The lowest BCUT2D eigenvalue weighted by Gasteiger charge is -2.31. The Morgan fingerprint density at radius 1 is 1.00 bits per heavy atom. The highest BCUT2D eigenvalue weighted by atomic mass is 16.5. The van der Waals surface area contributed by atoms with E-state index in [2.05, 4.69) is 26.1 Å². The van der Waals surface area contributed by atoms with Crippen LogP contribution >= 0.6 is 0 Å². The van der Waals surface area contributed by atoms with Gasteiger partial charge < -0.3 is 19.7 Å². The van der Waals surface area contributed by atoms with Crippen molar-refractivity contribution in [3.8, 4) is 11.5 Å². The average Bonchev–Trinajstić information content (AvgIpc) is 2.82. The Kier molecular flexibility index (Phi) is 9.97. The number of hydrogen-bond acceptors (Lipinski definition) is 4. The summed E-state index contributed by atoms with van der Waals surface area (Å²) in [6.45, 7) is 12.5. The zero-order chi connectivity index (χ0) is 25.3. The van der Waals surface area contributed by atoms with Crippen LogP contribution in [0.25, 0.3) is 0 Å². The van der Waals surface area contributed by atoms with E-state index in [4.69, 9.17) is 9.47 Å². The third-order valence-corrected chi connectivity index (χ3v) is 5.96. The lowest BCUT2D eigenvalue weighted by Crippen LogP contribution is -2.51. The smallest absolute Gasteiger partial charge is 0.261 e. The summed E-state index contributed by atoms with van der Waals surface area (Å²) in [7, 11) is 1.61. The molecule has 0 aromatic heterocycles. The summed E-state index contributed by atoms with van der Waals surface area (Å²) in [5.41, 5.74) is 2.12. The molecule has 0 fully saturated rings. The van der Waals surface area contributed by atoms with Crippen molar-refractivity contribution < 1.29 is 19.1 Å². The molecule has 0 aliphatic carbocycles. The van der Waals surface area contributed by atoms with Crippen LogP contribution in [-0.2, 0) is 21.5 Å². The summed E-state index contributed by atoms with van der Waals surface area (Å²) in [6.07, 6.45) is 1.32. The van der Waals surface area contributed by atoms with Crippen LogP contribution in [0.3, 0.4) is 0 Å². The first-order chi connectivity index (χ1) is 16.1. The van der Waals surface area contributed by atoms with E-state index < -0.39 is 6.04 Å². The molecule has 0 aliphatic rings. The Bertz CT molecular complexity index is 934. The molecule has 0 heterocycles. The van der Waals surface area contributed by atoms with Crippen LogP contribution < -0.4 is 14.8 Å². The Labute approximate surface area is 204 Å². The van der Waals surface area contributed by atoms with Gasteiger partial charge in [-0.25, -0.2) is 0 Å². The van der Waals surface area contributed by atoms with E-state index in [-0.39, 0.29) is 36.4 Å². The molecule has 0 spiro atoms. The number of benzene rings is 2. The molecule has 2 rings (SSSR count). The van der Waals surface area contributed by atoms with Gasteiger partial charge in [-0.05, 0) is 60.6 Å². The number of carbonyl (C=O) groups is 2. The van der Waals surface area contributed by atoms with E-state index >= 15 is 0 Å². The second-order valence-corrected chi connectivity index (χ2v) is 9.68. The summed E-state index contributed by atoms with van der Waals surface area (Å²) in [5.74, 6) is 0.938. The minimum absolute atomic E-state index is 0.0351. The minimum Gasteiger partial charge on any atom is -0.497 e. The molecular weight excluding hydrogens is 428 g/mol. The molecule has 0 aliphatic heterocycles. The van der Waals surface area contributed by atoms with Gasteiger partial charge in [0, 0.05) is 12.6 Å². The van der Waals surface area contributed by atoms with E-state index in [0.29, 0.717) is 17.9 Å². The second-order valence-electron chi connectivity index (χ2n) is 9.68. The highest BCUT2D eigenvalue weighted by Crippen LogP contribution is 2.24. The minimum atomic E-state index is -0.598. The van der Waals surface area contributed by atoms with Gasteiger partial charge >= 0.3 is 0 Å². The van der Waals surface area contributed by atoms with Gasteiger partial charge in [-0.3, -0.25) is 9.59 Å². The highest BCUT2D eigenvalue weighted by Gasteiger charge is 2.29. The van der Waals surface area contributed by atoms with Gasteiger partial charge in [0.05, 0.1) is 7.11 Å². The van der Waals surface area contributed by atoms with Crippen LogP contribution in [0.5, 0.6) is 11.5 Å². The highest BCUT2D eigenvalue weighted by molar-refractivity contribution is 5.88. The third-order valence-electron chi connectivity index (χ3n) is 5.96. The Balaban J connectivity index is 2.22. The SMILES string of the molecule is CC[C@@H](C)NC(=O)[C@@H](CC)N(Cc1cccc(OC)c1)C(=O)COc1ccc(C(C)(C)C)cc1. The fourth-order valence-electron chi connectivity index (χ4n) is 3.61. The lowest BCUT2D eigenvalue weighted by molar-refractivity contribution is -0.143. The zero-order valence-electron chi connectivity index (χ0n) is 21.7. The zero-order valence-corrected chi connectivity index (χ0v) is 21.7. The summed E-state index contributed by atoms with van der Waals surface area (Å²) in [5, 5.41) is 3.02. The number of amides is 2. The molecule has 186 valence electrons. The predicted octanol–water partition coefficient (Wildman–Crippen LogP) is 5.09. The van der Waals surface area contributed by atoms with Gasteiger partial charge in [-0.15, -0.1) is 0 Å². The number of nitrogens with zero attached hydrogens (tertiary/aromatic N) is 1. The first-order valence-electron chi connectivity index (χ1n) is 12.0. The van der Waals surface area contributed by atoms with Crippen molar-refractivity contribution in [2.75, 3.05) is 13.7 Å². The number of methoxy groups -OCH3 is 1. The van der Waals surface area contributed by atoms with E-state index in [1.807, 2.05) is 69.3 Å². The van der Waals surface area contributed by atoms with Crippen LogP contribution in [0.4, 0.5) is 0 Å². The quantitative estimate of drug-likeness (QED) is 0.499. The molecule has 2 aromatic carbocycles. The van der Waals surface area contributed by atoms with Crippen molar-refractivity contribution in [3.05, 3.63) is 59.7 Å². The Morgan fingerprint density at radius 3 is 2.24 bits per heavy atom. The fraction of sp³-hybridized carbons (Fsp3) is 0.500. The summed E-state index contributed by atoms with van der Waals surface area (Å²) < 4.78 is 11.2. The summed E-state index contributed by atoms with van der Waals surface area (Å²) in [4.78, 5) is 28.0. The van der Waals surface area contributed by atoms with Crippen molar-refractivity contribution in [1.29, 1.82) is 0 Å². The number of ether oxygens (including phenoxy) is 2. The molecule has 6 heteroatoms. The molecular formula is C28H40N2O4. The first-order valence-corrected chi connectivity index (χ1v) is 12.0. The van der Waals surface area contributed by atoms with Gasteiger partial charge in [-0.1, -0.05) is 58.9 Å². The number of hydrogen-bond donors (Lipinski definition) is 1. The molecule has 0 saturated heterocycles. The topological polar surface area (TPSA) is 67.9 Å². The summed E-state index contributed by atoms with van der Waals surface area (Å²) >= 11 is 0. The number of carbonyl (C=O) groups excluding carboxylic acids is 2. The summed E-state index contributed by atoms with van der Waals surface area (Å²) in [6, 6.07) is 14.8. The van der Waals surface area contributed by atoms with Crippen molar-refractivity contribution >= 4 is 11.8 Å². The van der Waals surface area contributed by atoms with E-state index in [1.54, 1.807) is 12.0 Å². The largest absolute Gasteiger partial charge is 0.497 e. The van der Waals surface area contributed by atoms with Gasteiger partial charge in [-0.2, -0.15) is 0 Å². The Morgan fingerprint density at radius 2 is 1.68 bits per heavy atom. The number of rotatable bonds is 11. The molecule has 2 atom stereocenters. The fourth-order valence-corrected chi connectivity index (χ4v) is 3.61. The molecule has 2 amide bonds. The van der Waals surface area contributed by atoms with Crippen molar-refractivity contribution in [2.24, 2.45) is 0 Å². The molecule has 2 aromatic rings. The van der Waals surface area contributed by atoms with Crippen LogP contribution in [0.15, 0.2) is 48.5 Å². The molecule has 0 radical (unpaired) electrons. The molecule has 0 bridgehead atoms. The van der Waals surface area contributed by atoms with Crippen molar-refractivity contribution in [2.45, 2.75) is 78.4 Å². The molecule has 0 saturated carbocycles. The normalized spacial score (nSPS) is 13.0. The van der Waals surface area contributed by atoms with Crippen molar-refractivity contribution in [1.82, 2.24) is 10.2 Å². The molecule has 34 heavy (non-hydrogen) atoms. The second kappa shape index (κ2) is 12.4. The van der Waals surface area contributed by atoms with Gasteiger partial charge in [0.2, 0.25) is 5.91 Å². The molecule has 6 nitrogen and oxygen atoms in total. The molecule has 0 unspecified atom stereocenters. The first kappa shape index (κ1) is 27.2. The maximum atomic E-state index is 13.4. The van der Waals surface area contributed by atoms with Crippen LogP contribution in [0.2, 0.25) is 0 Å². The Hall–Kier alpha value is -3.02. The lowest BCUT2D eigenvalue weighted by atomic mass is 9.87. The van der Waals surface area contributed by atoms with E-state index in [0.717, 1.165) is 12.0 Å².